The molecule has 1 aliphatic heterocycles. The normalized spacial score (nSPS) is 15.0. The molecule has 10 heteroatoms. The molecule has 222 valence electrons. The highest BCUT2D eigenvalue weighted by Gasteiger charge is 2.30. The molecule has 0 radical (unpaired) electrons. The average molecular weight is 577 g/mol. The monoisotopic (exact) mass is 577 g/mol. The van der Waals surface area contributed by atoms with Crippen LogP contribution in [0.3, 0.4) is 0 Å². The van der Waals surface area contributed by atoms with Crippen molar-refractivity contribution in [1.29, 1.82) is 0 Å². The van der Waals surface area contributed by atoms with Crippen LogP contribution >= 0.6 is 0 Å². The summed E-state index contributed by atoms with van der Waals surface area (Å²) < 4.78 is 37.9. The van der Waals surface area contributed by atoms with Gasteiger partial charge in [-0.1, -0.05) is 30.3 Å². The van der Waals surface area contributed by atoms with E-state index < -0.39 is 18.5 Å². The minimum Gasteiger partial charge on any atom is -0.494 e. The van der Waals surface area contributed by atoms with E-state index >= 15 is 4.39 Å². The SMILES string of the molecule is Cc1cc(OCCC(C)(C)O)c(F)c(C)c1-c1cccc(COc2ccc(B3OC(O)=CN(C)/C=C(/O)O3)cc2)c1C. The van der Waals surface area contributed by atoms with Crippen molar-refractivity contribution in [2.45, 2.75) is 53.2 Å². The quantitative estimate of drug-likeness (QED) is 0.270. The van der Waals surface area contributed by atoms with E-state index in [0.29, 0.717) is 23.2 Å². The van der Waals surface area contributed by atoms with E-state index in [9.17, 15) is 15.3 Å². The van der Waals surface area contributed by atoms with Crippen LogP contribution in [-0.2, 0) is 15.9 Å². The molecule has 0 saturated heterocycles. The fraction of sp³-hybridized carbons (Fsp3) is 0.312. The first-order valence-electron chi connectivity index (χ1n) is 13.7. The molecule has 0 spiro atoms. The molecule has 0 bridgehead atoms. The van der Waals surface area contributed by atoms with Crippen LogP contribution in [0.15, 0.2) is 72.8 Å². The Labute approximate surface area is 246 Å². The topological polar surface area (TPSA) is 101 Å². The molecule has 42 heavy (non-hydrogen) atoms. The second kappa shape index (κ2) is 12.7. The van der Waals surface area contributed by atoms with Crippen LogP contribution in [-0.4, -0.2) is 46.6 Å². The lowest BCUT2D eigenvalue weighted by Crippen LogP contribution is -2.37. The number of aliphatic hydroxyl groups excluding tert-OH is 2. The van der Waals surface area contributed by atoms with Crippen molar-refractivity contribution in [3.63, 3.8) is 0 Å². The number of halogens is 1. The van der Waals surface area contributed by atoms with E-state index in [2.05, 4.69) is 0 Å². The van der Waals surface area contributed by atoms with Crippen LogP contribution in [0.1, 0.15) is 42.5 Å². The van der Waals surface area contributed by atoms with Gasteiger partial charge >= 0.3 is 7.12 Å². The predicted molar refractivity (Wildman–Crippen MR) is 160 cm³/mol. The molecule has 0 unspecified atom stereocenters. The van der Waals surface area contributed by atoms with Crippen LogP contribution in [0.4, 0.5) is 4.39 Å². The number of ether oxygens (including phenoxy) is 2. The van der Waals surface area contributed by atoms with Gasteiger partial charge in [0.25, 0.3) is 11.9 Å². The summed E-state index contributed by atoms with van der Waals surface area (Å²) in [7, 11) is 0.557. The highest BCUT2D eigenvalue weighted by atomic mass is 19.1. The smallest absolute Gasteiger partial charge is 0.494 e. The van der Waals surface area contributed by atoms with Crippen molar-refractivity contribution in [3.05, 3.63) is 101 Å². The van der Waals surface area contributed by atoms with Gasteiger partial charge in [0.2, 0.25) is 0 Å². The van der Waals surface area contributed by atoms with Crippen LogP contribution in [0.25, 0.3) is 11.1 Å². The van der Waals surface area contributed by atoms with Crippen LogP contribution in [0, 0.1) is 26.6 Å². The third kappa shape index (κ3) is 7.50. The molecule has 4 rings (SSSR count). The Hall–Kier alpha value is -4.31. The molecule has 0 aromatic heterocycles. The number of benzene rings is 3. The van der Waals surface area contributed by atoms with Gasteiger partial charge in [0, 0.05) is 18.9 Å². The molecule has 3 aromatic rings. The Morgan fingerprint density at radius 1 is 0.929 bits per heavy atom. The fourth-order valence-corrected chi connectivity index (χ4v) is 4.67. The number of nitrogens with zero attached hydrogens (tertiary/aromatic N) is 1. The summed E-state index contributed by atoms with van der Waals surface area (Å²) in [5.41, 5.74) is 4.70. The summed E-state index contributed by atoms with van der Waals surface area (Å²) in [6, 6.07) is 14.5. The van der Waals surface area contributed by atoms with Crippen molar-refractivity contribution in [1.82, 2.24) is 4.90 Å². The van der Waals surface area contributed by atoms with Crippen LogP contribution < -0.4 is 14.9 Å². The van der Waals surface area contributed by atoms with Gasteiger partial charge in [-0.15, -0.1) is 0 Å². The summed E-state index contributed by atoms with van der Waals surface area (Å²) >= 11 is 0. The van der Waals surface area contributed by atoms with Gasteiger partial charge in [0.05, 0.1) is 24.6 Å². The zero-order chi connectivity index (χ0) is 30.6. The fourth-order valence-electron chi connectivity index (χ4n) is 4.67. The maximum absolute atomic E-state index is 15.4. The Kier molecular flexibility index (Phi) is 9.26. The molecule has 0 aliphatic carbocycles. The van der Waals surface area contributed by atoms with E-state index in [0.717, 1.165) is 27.8 Å². The first-order chi connectivity index (χ1) is 19.8. The van der Waals surface area contributed by atoms with Gasteiger partial charge in [0.15, 0.2) is 11.6 Å². The molecule has 0 atom stereocenters. The van der Waals surface area contributed by atoms with Gasteiger partial charge < -0.3 is 39.0 Å². The zero-order valence-corrected chi connectivity index (χ0v) is 24.8. The molecule has 1 aliphatic rings. The number of rotatable bonds is 9. The minimum absolute atomic E-state index is 0.179. The predicted octanol–water partition coefficient (Wildman–Crippen LogP) is 5.92. The lowest BCUT2D eigenvalue weighted by Gasteiger charge is -2.21. The van der Waals surface area contributed by atoms with E-state index in [4.69, 9.17) is 18.8 Å². The summed E-state index contributed by atoms with van der Waals surface area (Å²) in [6.07, 6.45) is 3.00. The first kappa shape index (κ1) is 30.6. The maximum atomic E-state index is 15.4. The number of aliphatic hydroxyl groups is 3. The average Bonchev–Trinajstić information content (AvgIpc) is 2.90. The Morgan fingerprint density at radius 2 is 1.57 bits per heavy atom. The highest BCUT2D eigenvalue weighted by Crippen LogP contribution is 2.37. The standard InChI is InChI=1S/C32H37BFNO7/c1-20-16-27(39-15-14-32(4,5)38)31(34)22(3)30(20)26-9-7-8-23(21(26)2)19-40-25-12-10-24(11-13-25)33-41-28(36)17-35(6)18-29(37)42-33/h7-13,16-18,36-38H,14-15,19H2,1-6H3/b28-17-,29-18?. The zero-order valence-electron chi connectivity index (χ0n) is 24.8. The van der Waals surface area contributed by atoms with Crippen molar-refractivity contribution >= 4 is 12.6 Å². The van der Waals surface area contributed by atoms with Crippen molar-refractivity contribution in [3.8, 4) is 22.6 Å². The molecule has 0 amide bonds. The summed E-state index contributed by atoms with van der Waals surface area (Å²) in [4.78, 5) is 1.40. The molecule has 3 aromatic carbocycles. The van der Waals surface area contributed by atoms with Gasteiger partial charge in [-0.25, -0.2) is 4.39 Å². The van der Waals surface area contributed by atoms with Gasteiger partial charge in [-0.3, -0.25) is 0 Å². The highest BCUT2D eigenvalue weighted by molar-refractivity contribution is 6.61. The third-order valence-corrected chi connectivity index (χ3v) is 6.98. The number of hydrogen-bond acceptors (Lipinski definition) is 8. The van der Waals surface area contributed by atoms with Crippen molar-refractivity contribution < 1.29 is 38.5 Å². The second-order valence-electron chi connectivity index (χ2n) is 11.0. The Bertz CT molecular complexity index is 1460. The van der Waals surface area contributed by atoms with E-state index in [-0.39, 0.29) is 30.9 Å². The molecule has 0 fully saturated rings. The van der Waals surface area contributed by atoms with Gasteiger partial charge in [-0.2, -0.15) is 0 Å². The van der Waals surface area contributed by atoms with E-state index in [1.54, 1.807) is 58.2 Å². The summed E-state index contributed by atoms with van der Waals surface area (Å²) in [5.74, 6) is -0.358. The number of hydrogen-bond donors (Lipinski definition) is 3. The molecular formula is C32H37BFNO7. The van der Waals surface area contributed by atoms with E-state index in [1.165, 1.54) is 17.3 Å². The van der Waals surface area contributed by atoms with Gasteiger partial charge in [0.1, 0.15) is 12.4 Å². The molecular weight excluding hydrogens is 540 g/mol. The molecule has 0 saturated carbocycles. The van der Waals surface area contributed by atoms with Gasteiger partial charge in [-0.05, 0) is 86.2 Å². The molecule has 3 N–H and O–H groups in total. The summed E-state index contributed by atoms with van der Waals surface area (Å²) in [6.45, 7) is 9.55. The largest absolute Gasteiger partial charge is 0.636 e. The summed E-state index contributed by atoms with van der Waals surface area (Å²) in [5, 5.41) is 29.9. The van der Waals surface area contributed by atoms with E-state index in [1.807, 2.05) is 32.0 Å². The maximum Gasteiger partial charge on any atom is 0.636 e. The van der Waals surface area contributed by atoms with Crippen LogP contribution in [0.2, 0.25) is 0 Å². The number of aryl methyl sites for hydroxylation is 1. The Morgan fingerprint density at radius 3 is 2.19 bits per heavy atom. The van der Waals surface area contributed by atoms with Crippen LogP contribution in [0.5, 0.6) is 11.5 Å². The minimum atomic E-state index is -1.05. The molecule has 8 nitrogen and oxygen atoms in total. The Balaban J connectivity index is 1.48. The molecule has 1 heterocycles. The van der Waals surface area contributed by atoms with Crippen molar-refractivity contribution in [2.75, 3.05) is 13.7 Å². The lowest BCUT2D eigenvalue weighted by atomic mass is 9.79. The first-order valence-corrected chi connectivity index (χ1v) is 13.7. The second-order valence-corrected chi connectivity index (χ2v) is 11.0. The third-order valence-electron chi connectivity index (χ3n) is 6.98. The lowest BCUT2D eigenvalue weighted by molar-refractivity contribution is 0.0547. The van der Waals surface area contributed by atoms with Crippen molar-refractivity contribution in [2.24, 2.45) is 0 Å².